The van der Waals surface area contributed by atoms with Crippen molar-refractivity contribution in [2.24, 2.45) is 0 Å². The lowest BCUT2D eigenvalue weighted by Gasteiger charge is -2.25. The maximum absolute atomic E-state index is 11.9. The zero-order valence-corrected chi connectivity index (χ0v) is 9.76. The Morgan fingerprint density at radius 2 is 2.35 bits per heavy atom. The Morgan fingerprint density at radius 3 is 3.06 bits per heavy atom. The van der Waals surface area contributed by atoms with Gasteiger partial charge in [-0.25, -0.2) is 0 Å². The van der Waals surface area contributed by atoms with Crippen LogP contribution in [0, 0.1) is 0 Å². The molecule has 0 radical (unpaired) electrons. The van der Waals surface area contributed by atoms with E-state index in [4.69, 9.17) is 0 Å². The molecule has 2 rings (SSSR count). The summed E-state index contributed by atoms with van der Waals surface area (Å²) < 4.78 is 0. The first kappa shape index (κ1) is 11.8. The van der Waals surface area contributed by atoms with Crippen LogP contribution in [-0.2, 0) is 16.0 Å². The SMILES string of the molecule is O=C1CCCN(C(=O)CCc2cccnc2)C1. The molecule has 0 aromatic carbocycles. The zero-order chi connectivity index (χ0) is 12.1. The third kappa shape index (κ3) is 3.37. The van der Waals surface area contributed by atoms with Crippen molar-refractivity contribution in [3.05, 3.63) is 30.1 Å². The van der Waals surface area contributed by atoms with Crippen molar-refractivity contribution in [1.29, 1.82) is 0 Å². The molecule has 2 heterocycles. The van der Waals surface area contributed by atoms with Gasteiger partial charge in [0, 0.05) is 31.8 Å². The summed E-state index contributed by atoms with van der Waals surface area (Å²) in [6.45, 7) is 1.02. The van der Waals surface area contributed by atoms with Gasteiger partial charge in [0.15, 0.2) is 5.78 Å². The quantitative estimate of drug-likeness (QED) is 0.787. The van der Waals surface area contributed by atoms with Crippen molar-refractivity contribution in [3.63, 3.8) is 0 Å². The zero-order valence-electron chi connectivity index (χ0n) is 9.76. The number of amides is 1. The van der Waals surface area contributed by atoms with Crippen LogP contribution in [0.25, 0.3) is 0 Å². The van der Waals surface area contributed by atoms with Crippen molar-refractivity contribution in [2.45, 2.75) is 25.7 Å². The third-order valence-electron chi connectivity index (χ3n) is 2.95. The predicted octanol–water partition coefficient (Wildman–Crippen LogP) is 1.21. The lowest BCUT2D eigenvalue weighted by Crippen LogP contribution is -2.40. The highest BCUT2D eigenvalue weighted by Gasteiger charge is 2.20. The van der Waals surface area contributed by atoms with E-state index in [-0.39, 0.29) is 11.7 Å². The average molecular weight is 232 g/mol. The van der Waals surface area contributed by atoms with Crippen molar-refractivity contribution in [3.8, 4) is 0 Å². The van der Waals surface area contributed by atoms with E-state index < -0.39 is 0 Å². The second-order valence-electron chi connectivity index (χ2n) is 4.32. The molecule has 0 atom stereocenters. The first-order valence-electron chi connectivity index (χ1n) is 5.94. The lowest BCUT2D eigenvalue weighted by molar-refractivity contribution is -0.137. The topological polar surface area (TPSA) is 50.3 Å². The fraction of sp³-hybridized carbons (Fsp3) is 0.462. The van der Waals surface area contributed by atoms with Gasteiger partial charge in [0.1, 0.15) is 0 Å². The Hall–Kier alpha value is -1.71. The number of carbonyl (C=O) groups is 2. The van der Waals surface area contributed by atoms with E-state index in [1.807, 2.05) is 12.1 Å². The summed E-state index contributed by atoms with van der Waals surface area (Å²) in [5.41, 5.74) is 1.06. The molecule has 4 nitrogen and oxygen atoms in total. The van der Waals surface area contributed by atoms with Gasteiger partial charge in [-0.2, -0.15) is 0 Å². The monoisotopic (exact) mass is 232 g/mol. The smallest absolute Gasteiger partial charge is 0.223 e. The second kappa shape index (κ2) is 5.57. The first-order valence-corrected chi connectivity index (χ1v) is 5.94. The Balaban J connectivity index is 1.83. The number of ketones is 1. The summed E-state index contributed by atoms with van der Waals surface area (Å²) in [7, 11) is 0. The van der Waals surface area contributed by atoms with Gasteiger partial charge in [-0.3, -0.25) is 14.6 Å². The van der Waals surface area contributed by atoms with Crippen LogP contribution in [0.4, 0.5) is 0 Å². The molecule has 1 amide bonds. The van der Waals surface area contributed by atoms with E-state index in [0.717, 1.165) is 18.5 Å². The van der Waals surface area contributed by atoms with Crippen LogP contribution >= 0.6 is 0 Å². The highest BCUT2D eigenvalue weighted by Crippen LogP contribution is 2.09. The van der Waals surface area contributed by atoms with Gasteiger partial charge in [0.05, 0.1) is 6.54 Å². The van der Waals surface area contributed by atoms with E-state index in [9.17, 15) is 9.59 Å². The van der Waals surface area contributed by atoms with Gasteiger partial charge in [-0.15, -0.1) is 0 Å². The van der Waals surface area contributed by atoms with Crippen molar-refractivity contribution < 1.29 is 9.59 Å². The molecule has 1 aliphatic rings. The average Bonchev–Trinajstić information content (AvgIpc) is 2.37. The molecule has 0 bridgehead atoms. The fourth-order valence-electron chi connectivity index (χ4n) is 2.01. The second-order valence-corrected chi connectivity index (χ2v) is 4.32. The Labute approximate surface area is 101 Å². The van der Waals surface area contributed by atoms with Gasteiger partial charge >= 0.3 is 0 Å². The van der Waals surface area contributed by atoms with E-state index in [0.29, 0.717) is 25.8 Å². The van der Waals surface area contributed by atoms with Crippen LogP contribution < -0.4 is 0 Å². The number of likely N-dealkylation sites (tertiary alicyclic amines) is 1. The highest BCUT2D eigenvalue weighted by molar-refractivity contribution is 5.87. The minimum atomic E-state index is 0.0712. The Kier molecular flexibility index (Phi) is 3.85. The fourth-order valence-corrected chi connectivity index (χ4v) is 2.01. The summed E-state index contributed by atoms with van der Waals surface area (Å²) in [6, 6.07) is 3.83. The summed E-state index contributed by atoms with van der Waals surface area (Å²) in [4.78, 5) is 28.8. The number of pyridine rings is 1. The number of hydrogen-bond donors (Lipinski definition) is 0. The number of aryl methyl sites for hydroxylation is 1. The van der Waals surface area contributed by atoms with E-state index in [2.05, 4.69) is 4.98 Å². The van der Waals surface area contributed by atoms with Crippen LogP contribution in [0.2, 0.25) is 0 Å². The normalized spacial score (nSPS) is 16.0. The first-order chi connectivity index (χ1) is 8.25. The van der Waals surface area contributed by atoms with Crippen LogP contribution in [0.1, 0.15) is 24.8 Å². The minimum Gasteiger partial charge on any atom is -0.335 e. The number of Topliss-reactive ketones (excluding diaryl/α,β-unsaturated/α-hetero) is 1. The number of nitrogens with zero attached hydrogens (tertiary/aromatic N) is 2. The lowest BCUT2D eigenvalue weighted by atomic mass is 10.1. The molecule has 1 aromatic rings. The molecule has 0 unspecified atom stereocenters. The minimum absolute atomic E-state index is 0.0712. The Bertz CT molecular complexity index is 403. The van der Waals surface area contributed by atoms with Gasteiger partial charge < -0.3 is 4.90 Å². The molecule has 1 aromatic heterocycles. The van der Waals surface area contributed by atoms with E-state index >= 15 is 0 Å². The summed E-state index contributed by atoms with van der Waals surface area (Å²) in [5.74, 6) is 0.243. The van der Waals surface area contributed by atoms with Gasteiger partial charge in [-0.1, -0.05) is 6.07 Å². The van der Waals surface area contributed by atoms with Crippen molar-refractivity contribution >= 4 is 11.7 Å². The standard InChI is InChI=1S/C13H16N2O2/c16-12-4-2-8-15(10-12)13(17)6-5-11-3-1-7-14-9-11/h1,3,7,9H,2,4-6,8,10H2. The molecule has 0 spiro atoms. The van der Waals surface area contributed by atoms with E-state index in [1.165, 1.54) is 0 Å². The number of aromatic nitrogens is 1. The summed E-state index contributed by atoms with van der Waals surface area (Å²) in [5, 5.41) is 0. The molecule has 0 N–H and O–H groups in total. The summed E-state index contributed by atoms with van der Waals surface area (Å²) in [6.07, 6.45) is 6.06. The molecular weight excluding hydrogens is 216 g/mol. The van der Waals surface area contributed by atoms with E-state index in [1.54, 1.807) is 17.3 Å². The number of rotatable bonds is 3. The number of carbonyl (C=O) groups excluding carboxylic acids is 2. The molecule has 17 heavy (non-hydrogen) atoms. The van der Waals surface area contributed by atoms with Crippen LogP contribution in [0.3, 0.4) is 0 Å². The van der Waals surface area contributed by atoms with Gasteiger partial charge in [-0.05, 0) is 24.5 Å². The molecule has 1 fully saturated rings. The number of piperidine rings is 1. The molecule has 1 aliphatic heterocycles. The number of hydrogen-bond acceptors (Lipinski definition) is 3. The molecule has 0 saturated carbocycles. The maximum Gasteiger partial charge on any atom is 0.223 e. The Morgan fingerprint density at radius 1 is 1.47 bits per heavy atom. The van der Waals surface area contributed by atoms with Gasteiger partial charge in [0.25, 0.3) is 0 Å². The molecular formula is C13H16N2O2. The van der Waals surface area contributed by atoms with Crippen molar-refractivity contribution in [2.75, 3.05) is 13.1 Å². The van der Waals surface area contributed by atoms with Crippen molar-refractivity contribution in [1.82, 2.24) is 9.88 Å². The predicted molar refractivity (Wildman–Crippen MR) is 63.4 cm³/mol. The van der Waals surface area contributed by atoms with Crippen LogP contribution in [0.5, 0.6) is 0 Å². The largest absolute Gasteiger partial charge is 0.335 e. The summed E-state index contributed by atoms with van der Waals surface area (Å²) >= 11 is 0. The molecule has 0 aliphatic carbocycles. The molecule has 1 saturated heterocycles. The van der Waals surface area contributed by atoms with Gasteiger partial charge in [0.2, 0.25) is 5.91 Å². The molecule has 90 valence electrons. The molecule has 4 heteroatoms. The maximum atomic E-state index is 11.9. The third-order valence-corrected chi connectivity index (χ3v) is 2.95. The van der Waals surface area contributed by atoms with Crippen LogP contribution in [0.15, 0.2) is 24.5 Å². The highest BCUT2D eigenvalue weighted by atomic mass is 16.2. The van der Waals surface area contributed by atoms with Crippen LogP contribution in [-0.4, -0.2) is 34.7 Å².